The van der Waals surface area contributed by atoms with Gasteiger partial charge in [-0.1, -0.05) is 58.9 Å². The number of nitrogens with one attached hydrogen (secondary N) is 1. The fourth-order valence-electron chi connectivity index (χ4n) is 4.17. The third-order valence-corrected chi connectivity index (χ3v) is 7.27. The summed E-state index contributed by atoms with van der Waals surface area (Å²) in [5, 5.41) is 0. The molecule has 6 heteroatoms. The van der Waals surface area contributed by atoms with Gasteiger partial charge < -0.3 is 4.90 Å². The van der Waals surface area contributed by atoms with Crippen molar-refractivity contribution in [1.82, 2.24) is 9.62 Å². The number of rotatable bonds is 5. The van der Waals surface area contributed by atoms with E-state index in [4.69, 9.17) is 0 Å². The second kappa shape index (κ2) is 9.13. The molecule has 1 aliphatic heterocycles. The number of likely N-dealkylation sites (tertiary alicyclic amines) is 1. The monoisotopic (exact) mass is 442 g/mol. The van der Waals surface area contributed by atoms with E-state index in [0.29, 0.717) is 17.4 Å². The van der Waals surface area contributed by atoms with E-state index in [-0.39, 0.29) is 22.8 Å². The first-order valence-electron chi connectivity index (χ1n) is 10.9. The Hall–Kier alpha value is -2.18. The van der Waals surface area contributed by atoms with Crippen LogP contribution < -0.4 is 4.72 Å². The number of carbonyl (C=O) groups is 1. The first-order valence-corrected chi connectivity index (χ1v) is 12.4. The highest BCUT2D eigenvalue weighted by molar-refractivity contribution is 7.89. The maximum atomic E-state index is 12.8. The molecule has 0 spiro atoms. The highest BCUT2D eigenvalue weighted by atomic mass is 32.2. The molecule has 31 heavy (non-hydrogen) atoms. The van der Waals surface area contributed by atoms with Crippen molar-refractivity contribution in [1.29, 1.82) is 0 Å². The summed E-state index contributed by atoms with van der Waals surface area (Å²) in [5.41, 5.74) is 2.51. The Morgan fingerprint density at radius 3 is 2.03 bits per heavy atom. The molecule has 0 aromatic heterocycles. The molecule has 0 bridgehead atoms. The Balaban J connectivity index is 1.62. The standard InChI is InChI=1S/C25H34N2O3S/c1-18-14-19(2)17-27(16-18)24(28)21-8-6-20(7-9-21)15-26-31(29,30)23-12-10-22(11-13-23)25(3,4)5/h6-13,18-19,26H,14-17H2,1-5H3/t18-,19+. The Bertz CT molecular complexity index is 996. The topological polar surface area (TPSA) is 66.5 Å². The number of nitrogens with zero attached hydrogens (tertiary/aromatic N) is 1. The molecule has 168 valence electrons. The summed E-state index contributed by atoms with van der Waals surface area (Å²) in [5.74, 6) is 1.07. The Kier molecular flexibility index (Phi) is 6.92. The number of sulfonamides is 1. The van der Waals surface area contributed by atoms with E-state index in [1.54, 1.807) is 24.3 Å². The highest BCUT2D eigenvalue weighted by Crippen LogP contribution is 2.24. The summed E-state index contributed by atoms with van der Waals surface area (Å²) < 4.78 is 27.9. The second-order valence-corrected chi connectivity index (χ2v) is 11.7. The van der Waals surface area contributed by atoms with E-state index in [1.807, 2.05) is 29.2 Å². The molecule has 0 radical (unpaired) electrons. The second-order valence-electron chi connectivity index (χ2n) is 9.95. The van der Waals surface area contributed by atoms with Gasteiger partial charge in [0.2, 0.25) is 10.0 Å². The van der Waals surface area contributed by atoms with Crippen molar-refractivity contribution in [2.24, 2.45) is 11.8 Å². The Morgan fingerprint density at radius 2 is 1.52 bits per heavy atom. The first kappa shape index (κ1) is 23.5. The molecule has 1 N–H and O–H groups in total. The molecular weight excluding hydrogens is 408 g/mol. The van der Waals surface area contributed by atoms with Crippen LogP contribution in [0.2, 0.25) is 0 Å². The molecule has 1 amide bonds. The van der Waals surface area contributed by atoms with E-state index in [1.165, 1.54) is 0 Å². The van der Waals surface area contributed by atoms with Crippen molar-refractivity contribution < 1.29 is 13.2 Å². The first-order chi connectivity index (χ1) is 14.5. The molecule has 2 aromatic rings. The van der Waals surface area contributed by atoms with Crippen LogP contribution in [-0.2, 0) is 22.0 Å². The van der Waals surface area contributed by atoms with Gasteiger partial charge in [-0.15, -0.1) is 0 Å². The zero-order valence-electron chi connectivity index (χ0n) is 19.2. The van der Waals surface area contributed by atoms with Crippen LogP contribution in [0.1, 0.15) is 62.5 Å². The van der Waals surface area contributed by atoms with E-state index >= 15 is 0 Å². The van der Waals surface area contributed by atoms with Crippen molar-refractivity contribution in [2.45, 2.75) is 57.9 Å². The highest BCUT2D eigenvalue weighted by Gasteiger charge is 2.26. The molecule has 5 nitrogen and oxygen atoms in total. The fraction of sp³-hybridized carbons (Fsp3) is 0.480. The molecule has 0 saturated carbocycles. The lowest BCUT2D eigenvalue weighted by Gasteiger charge is -2.35. The van der Waals surface area contributed by atoms with Gasteiger partial charge in [0.15, 0.2) is 0 Å². The lowest BCUT2D eigenvalue weighted by Crippen LogP contribution is -2.42. The normalized spacial score (nSPS) is 20.0. The van der Waals surface area contributed by atoms with Gasteiger partial charge in [0, 0.05) is 25.2 Å². The number of carbonyl (C=O) groups excluding carboxylic acids is 1. The van der Waals surface area contributed by atoms with Crippen molar-refractivity contribution in [3.63, 3.8) is 0 Å². The molecule has 1 aliphatic rings. The van der Waals surface area contributed by atoms with Gasteiger partial charge in [-0.05, 0) is 59.1 Å². The van der Waals surface area contributed by atoms with E-state index in [2.05, 4.69) is 39.3 Å². The average Bonchev–Trinajstić information content (AvgIpc) is 2.71. The third kappa shape index (κ3) is 5.95. The number of hydrogen-bond acceptors (Lipinski definition) is 3. The number of hydrogen-bond donors (Lipinski definition) is 1. The third-order valence-electron chi connectivity index (χ3n) is 5.85. The van der Waals surface area contributed by atoms with Gasteiger partial charge in [0.25, 0.3) is 5.91 Å². The Morgan fingerprint density at radius 1 is 0.968 bits per heavy atom. The van der Waals surface area contributed by atoms with Crippen molar-refractivity contribution in [3.8, 4) is 0 Å². The lowest BCUT2D eigenvalue weighted by atomic mass is 9.87. The van der Waals surface area contributed by atoms with Crippen LogP contribution in [0.25, 0.3) is 0 Å². The molecule has 1 saturated heterocycles. The summed E-state index contributed by atoms with van der Waals surface area (Å²) in [6, 6.07) is 14.2. The smallest absolute Gasteiger partial charge is 0.253 e. The van der Waals surface area contributed by atoms with E-state index < -0.39 is 10.0 Å². The quantitative estimate of drug-likeness (QED) is 0.737. The summed E-state index contributed by atoms with van der Waals surface area (Å²) >= 11 is 0. The molecule has 2 aromatic carbocycles. The maximum absolute atomic E-state index is 12.8. The number of piperidine rings is 1. The van der Waals surface area contributed by atoms with Crippen molar-refractivity contribution in [3.05, 3.63) is 65.2 Å². The van der Waals surface area contributed by atoms with Crippen molar-refractivity contribution >= 4 is 15.9 Å². The predicted molar refractivity (Wildman–Crippen MR) is 124 cm³/mol. The summed E-state index contributed by atoms with van der Waals surface area (Å²) in [6.07, 6.45) is 1.15. The van der Waals surface area contributed by atoms with Crippen LogP contribution in [0.3, 0.4) is 0 Å². The van der Waals surface area contributed by atoms with Crippen LogP contribution in [-0.4, -0.2) is 32.3 Å². The van der Waals surface area contributed by atoms with Gasteiger partial charge in [-0.3, -0.25) is 4.79 Å². The average molecular weight is 443 g/mol. The number of amides is 1. The molecule has 1 fully saturated rings. The van der Waals surface area contributed by atoms with Crippen LogP contribution in [0.5, 0.6) is 0 Å². The van der Waals surface area contributed by atoms with Gasteiger partial charge in [0.05, 0.1) is 4.90 Å². The summed E-state index contributed by atoms with van der Waals surface area (Å²) in [6.45, 7) is 12.4. The minimum absolute atomic E-state index is 0.0286. The summed E-state index contributed by atoms with van der Waals surface area (Å²) in [7, 11) is -3.60. The molecular formula is C25H34N2O3S. The largest absolute Gasteiger partial charge is 0.338 e. The fourth-order valence-corrected chi connectivity index (χ4v) is 5.19. The molecule has 2 atom stereocenters. The predicted octanol–water partition coefficient (Wildman–Crippen LogP) is 4.58. The summed E-state index contributed by atoms with van der Waals surface area (Å²) in [4.78, 5) is 15.0. The van der Waals surface area contributed by atoms with Gasteiger partial charge in [0.1, 0.15) is 0 Å². The minimum atomic E-state index is -3.60. The van der Waals surface area contributed by atoms with Crippen LogP contribution in [0.4, 0.5) is 0 Å². The number of benzene rings is 2. The minimum Gasteiger partial charge on any atom is -0.338 e. The SMILES string of the molecule is C[C@@H]1C[C@H](C)CN(C(=O)c2ccc(CNS(=O)(=O)c3ccc(C(C)(C)C)cc3)cc2)C1. The van der Waals surface area contributed by atoms with E-state index in [9.17, 15) is 13.2 Å². The van der Waals surface area contributed by atoms with Crippen LogP contribution in [0, 0.1) is 11.8 Å². The molecule has 0 unspecified atom stereocenters. The van der Waals surface area contributed by atoms with E-state index in [0.717, 1.165) is 30.6 Å². The maximum Gasteiger partial charge on any atom is 0.253 e. The van der Waals surface area contributed by atoms with Gasteiger partial charge >= 0.3 is 0 Å². The van der Waals surface area contributed by atoms with Crippen LogP contribution >= 0.6 is 0 Å². The molecule has 3 rings (SSSR count). The zero-order valence-corrected chi connectivity index (χ0v) is 20.0. The molecule has 1 heterocycles. The lowest BCUT2D eigenvalue weighted by molar-refractivity contribution is 0.0623. The molecule has 0 aliphatic carbocycles. The zero-order chi connectivity index (χ0) is 22.8. The van der Waals surface area contributed by atoms with Crippen molar-refractivity contribution in [2.75, 3.05) is 13.1 Å². The Labute approximate surface area is 186 Å². The van der Waals surface area contributed by atoms with Gasteiger partial charge in [-0.25, -0.2) is 13.1 Å². The van der Waals surface area contributed by atoms with Crippen LogP contribution in [0.15, 0.2) is 53.4 Å². The van der Waals surface area contributed by atoms with Gasteiger partial charge in [-0.2, -0.15) is 0 Å².